The van der Waals surface area contributed by atoms with Gasteiger partial charge in [0.1, 0.15) is 11.7 Å². The van der Waals surface area contributed by atoms with Crippen LogP contribution in [0.5, 0.6) is 0 Å². The quantitative estimate of drug-likeness (QED) is 0.155. The van der Waals surface area contributed by atoms with Crippen LogP contribution in [0, 0.1) is 36.0 Å². The van der Waals surface area contributed by atoms with Crippen LogP contribution in [0.3, 0.4) is 0 Å². The van der Waals surface area contributed by atoms with E-state index in [2.05, 4.69) is 5.32 Å². The lowest BCUT2D eigenvalue weighted by atomic mass is 10.1. The first kappa shape index (κ1) is 27.9. The lowest BCUT2D eigenvalue weighted by Crippen LogP contribution is -2.40. The number of hydrogen-bond donors (Lipinski definition) is 2. The highest BCUT2D eigenvalue weighted by Gasteiger charge is 2.31. The normalized spacial score (nSPS) is 11.8. The van der Waals surface area contributed by atoms with Crippen molar-refractivity contribution in [2.45, 2.75) is 26.0 Å². The fourth-order valence-corrected chi connectivity index (χ4v) is 4.64. The molecule has 0 aliphatic rings. The predicted octanol–water partition coefficient (Wildman–Crippen LogP) is 6.14. The van der Waals surface area contributed by atoms with Gasteiger partial charge in [0.25, 0.3) is 11.8 Å². The van der Waals surface area contributed by atoms with Gasteiger partial charge in [-0.15, -0.1) is 11.3 Å². The molecule has 0 aliphatic heterocycles. The summed E-state index contributed by atoms with van der Waals surface area (Å²) in [5, 5.41) is 14.7. The van der Waals surface area contributed by atoms with E-state index in [1.165, 1.54) is 34.4 Å². The largest absolute Gasteiger partial charge is 0.383 e. The Bertz CT molecular complexity index is 1480. The summed E-state index contributed by atoms with van der Waals surface area (Å²) in [4.78, 5) is 28.3. The predicted molar refractivity (Wildman–Crippen MR) is 137 cm³/mol. The van der Waals surface area contributed by atoms with Gasteiger partial charge in [-0.1, -0.05) is 42.5 Å². The molecular formula is C28H21F5N2O3S. The molecule has 2 amide bonds. The highest BCUT2D eigenvalue weighted by Crippen LogP contribution is 2.32. The lowest BCUT2D eigenvalue weighted by molar-refractivity contribution is -0.126. The summed E-state index contributed by atoms with van der Waals surface area (Å²) in [6.45, 7) is 1.63. The monoisotopic (exact) mass is 560 g/mol. The van der Waals surface area contributed by atoms with E-state index >= 15 is 0 Å². The highest BCUT2D eigenvalue weighted by molar-refractivity contribution is 7.09. The number of anilines is 2. The fourth-order valence-electron chi connectivity index (χ4n) is 3.89. The van der Waals surface area contributed by atoms with Crippen molar-refractivity contribution in [2.24, 2.45) is 0 Å². The average Bonchev–Trinajstić information content (AvgIpc) is 3.44. The van der Waals surface area contributed by atoms with Crippen molar-refractivity contribution >= 4 is 34.5 Å². The molecule has 39 heavy (non-hydrogen) atoms. The molecule has 2 N–H and O–H groups in total. The molecule has 1 unspecified atom stereocenters. The van der Waals surface area contributed by atoms with Crippen LogP contribution in [0.4, 0.5) is 33.3 Å². The molecule has 202 valence electrons. The molecule has 1 atom stereocenters. The summed E-state index contributed by atoms with van der Waals surface area (Å²) in [5.41, 5.74) is -0.490. The SMILES string of the molecule is Cc1ccc(NC(=O)c2c(F)c(F)c(F)c(F)c2F)c(N(Cc2ccccc2)C(=O)C(O)Cc2cccs2)c1. The van der Waals surface area contributed by atoms with Crippen LogP contribution in [-0.4, -0.2) is 23.0 Å². The van der Waals surface area contributed by atoms with Crippen LogP contribution in [0.1, 0.15) is 26.4 Å². The van der Waals surface area contributed by atoms with E-state index in [0.29, 0.717) is 11.1 Å². The van der Waals surface area contributed by atoms with Crippen LogP contribution in [-0.2, 0) is 17.8 Å². The number of benzene rings is 3. The lowest BCUT2D eigenvalue weighted by Gasteiger charge is -2.28. The molecule has 0 aliphatic carbocycles. The Hall–Kier alpha value is -4.09. The molecular weight excluding hydrogens is 539 g/mol. The van der Waals surface area contributed by atoms with Gasteiger partial charge in [0.15, 0.2) is 23.3 Å². The number of thiophene rings is 1. The van der Waals surface area contributed by atoms with Gasteiger partial charge in [-0.25, -0.2) is 22.0 Å². The number of nitrogens with zero attached hydrogens (tertiary/aromatic N) is 1. The van der Waals surface area contributed by atoms with Crippen molar-refractivity contribution in [3.8, 4) is 0 Å². The van der Waals surface area contributed by atoms with Gasteiger partial charge in [0.2, 0.25) is 5.82 Å². The molecule has 5 nitrogen and oxygen atoms in total. The van der Waals surface area contributed by atoms with E-state index in [-0.39, 0.29) is 24.3 Å². The van der Waals surface area contributed by atoms with Gasteiger partial charge < -0.3 is 15.3 Å². The number of carbonyl (C=O) groups is 2. The summed E-state index contributed by atoms with van der Waals surface area (Å²) in [7, 11) is 0. The summed E-state index contributed by atoms with van der Waals surface area (Å²) in [6, 6.07) is 16.6. The van der Waals surface area contributed by atoms with Gasteiger partial charge in [0, 0.05) is 11.3 Å². The van der Waals surface area contributed by atoms with Crippen molar-refractivity contribution in [1.82, 2.24) is 0 Å². The highest BCUT2D eigenvalue weighted by atomic mass is 32.1. The Morgan fingerprint density at radius 1 is 0.897 bits per heavy atom. The second kappa shape index (κ2) is 11.7. The minimum Gasteiger partial charge on any atom is -0.383 e. The summed E-state index contributed by atoms with van der Waals surface area (Å²) in [5.74, 6) is -13.8. The Labute approximate surface area is 224 Å². The first-order chi connectivity index (χ1) is 18.6. The number of aryl methyl sites for hydroxylation is 1. The van der Waals surface area contributed by atoms with E-state index in [1.807, 2.05) is 0 Å². The number of aliphatic hydroxyl groups excluding tert-OH is 1. The van der Waals surface area contributed by atoms with Crippen LogP contribution in [0.15, 0.2) is 66.0 Å². The van der Waals surface area contributed by atoms with Crippen LogP contribution in [0.25, 0.3) is 0 Å². The van der Waals surface area contributed by atoms with Crippen LogP contribution in [0.2, 0.25) is 0 Å². The minimum absolute atomic E-state index is 0.0137. The molecule has 3 aromatic carbocycles. The number of nitrogens with one attached hydrogen (secondary N) is 1. The molecule has 0 radical (unpaired) electrons. The topological polar surface area (TPSA) is 69.6 Å². The Morgan fingerprint density at radius 3 is 2.15 bits per heavy atom. The van der Waals surface area contributed by atoms with Gasteiger partial charge in [-0.05, 0) is 41.6 Å². The number of hydrogen-bond acceptors (Lipinski definition) is 4. The number of aliphatic hydroxyl groups is 1. The third kappa shape index (κ3) is 5.99. The standard InChI is InChI=1S/C28H21F5N2O3S/c1-15-9-10-18(34-27(37)21-22(29)24(31)26(33)25(32)23(21)30)19(12-15)35(14-16-6-3-2-4-7-16)28(38)20(36)13-17-8-5-11-39-17/h2-12,20,36H,13-14H2,1H3,(H,34,37). The van der Waals surface area contributed by atoms with Gasteiger partial charge in [0.05, 0.1) is 17.9 Å². The summed E-state index contributed by atoms with van der Waals surface area (Å²) < 4.78 is 69.6. The molecule has 11 heteroatoms. The number of halogens is 5. The second-order valence-corrected chi connectivity index (χ2v) is 9.66. The van der Waals surface area contributed by atoms with Gasteiger partial charge in [-0.2, -0.15) is 0 Å². The maximum atomic E-state index is 14.3. The maximum absolute atomic E-state index is 14.3. The first-order valence-electron chi connectivity index (χ1n) is 11.6. The third-order valence-corrected chi connectivity index (χ3v) is 6.74. The third-order valence-electron chi connectivity index (χ3n) is 5.84. The van der Waals surface area contributed by atoms with Gasteiger partial charge in [-0.3, -0.25) is 9.59 Å². The molecule has 0 spiro atoms. The van der Waals surface area contributed by atoms with E-state index < -0.39 is 52.6 Å². The number of amides is 2. The Balaban J connectivity index is 1.75. The van der Waals surface area contributed by atoms with E-state index in [1.54, 1.807) is 54.8 Å². The smallest absolute Gasteiger partial charge is 0.261 e. The van der Waals surface area contributed by atoms with Gasteiger partial charge >= 0.3 is 0 Å². The van der Waals surface area contributed by atoms with Crippen LogP contribution >= 0.6 is 11.3 Å². The molecule has 0 bridgehead atoms. The number of carbonyl (C=O) groups excluding carboxylic acids is 2. The van der Waals surface area contributed by atoms with E-state index in [0.717, 1.165) is 4.88 Å². The zero-order chi connectivity index (χ0) is 28.3. The van der Waals surface area contributed by atoms with Crippen molar-refractivity contribution < 1.29 is 36.6 Å². The Kier molecular flexibility index (Phi) is 8.41. The minimum atomic E-state index is -2.39. The summed E-state index contributed by atoms with van der Waals surface area (Å²) >= 11 is 1.35. The molecule has 1 aromatic heterocycles. The Morgan fingerprint density at radius 2 is 1.54 bits per heavy atom. The molecule has 4 aromatic rings. The fraction of sp³-hybridized carbons (Fsp3) is 0.143. The maximum Gasteiger partial charge on any atom is 0.261 e. The zero-order valence-electron chi connectivity index (χ0n) is 20.4. The molecule has 0 saturated carbocycles. The van der Waals surface area contributed by atoms with Crippen molar-refractivity contribution in [2.75, 3.05) is 10.2 Å². The van der Waals surface area contributed by atoms with E-state index in [9.17, 15) is 36.6 Å². The van der Waals surface area contributed by atoms with Crippen LogP contribution < -0.4 is 10.2 Å². The number of rotatable bonds is 8. The second-order valence-electron chi connectivity index (χ2n) is 8.63. The molecule has 0 fully saturated rings. The molecule has 1 heterocycles. The molecule has 0 saturated heterocycles. The van der Waals surface area contributed by atoms with Crippen molar-refractivity contribution in [1.29, 1.82) is 0 Å². The van der Waals surface area contributed by atoms with E-state index in [4.69, 9.17) is 0 Å². The van der Waals surface area contributed by atoms with Crippen molar-refractivity contribution in [3.63, 3.8) is 0 Å². The first-order valence-corrected chi connectivity index (χ1v) is 12.5. The zero-order valence-corrected chi connectivity index (χ0v) is 21.2. The molecule has 4 rings (SSSR count). The average molecular weight is 561 g/mol. The summed E-state index contributed by atoms with van der Waals surface area (Å²) in [6.07, 6.45) is -1.47. The van der Waals surface area contributed by atoms with Crippen molar-refractivity contribution in [3.05, 3.63) is 117 Å².